The second-order valence-electron chi connectivity index (χ2n) is 5.39. The van der Waals surface area contributed by atoms with Crippen molar-refractivity contribution in [1.82, 2.24) is 5.32 Å². The highest BCUT2D eigenvalue weighted by Crippen LogP contribution is 2.23. The molecule has 1 aromatic carbocycles. The first-order chi connectivity index (χ1) is 9.13. The van der Waals surface area contributed by atoms with Gasteiger partial charge in [-0.2, -0.15) is 0 Å². The van der Waals surface area contributed by atoms with Gasteiger partial charge in [0.15, 0.2) is 0 Å². The average molecular weight is 281 g/mol. The fraction of sp³-hybridized carbons (Fsp3) is 0.533. The van der Waals surface area contributed by atoms with Gasteiger partial charge in [-0.3, -0.25) is 4.79 Å². The van der Waals surface area contributed by atoms with E-state index in [0.717, 1.165) is 24.4 Å². The molecule has 0 aromatic heterocycles. The number of nitrogens with one attached hydrogen (secondary N) is 2. The summed E-state index contributed by atoms with van der Waals surface area (Å²) >= 11 is 5.89. The average Bonchev–Trinajstić information content (AvgIpc) is 2.39. The minimum Gasteiger partial charge on any atom is -0.376 e. The normalized spacial score (nSPS) is 22.8. The molecule has 2 rings (SSSR count). The van der Waals surface area contributed by atoms with Crippen molar-refractivity contribution >= 4 is 23.2 Å². The topological polar surface area (TPSA) is 41.1 Å². The third-order valence-electron chi connectivity index (χ3n) is 3.66. The van der Waals surface area contributed by atoms with Gasteiger partial charge in [0.05, 0.1) is 6.54 Å². The molecule has 1 aliphatic rings. The van der Waals surface area contributed by atoms with E-state index in [1.54, 1.807) is 0 Å². The van der Waals surface area contributed by atoms with Gasteiger partial charge >= 0.3 is 0 Å². The van der Waals surface area contributed by atoms with Crippen LogP contribution in [0.3, 0.4) is 0 Å². The maximum absolute atomic E-state index is 11.8. The third kappa shape index (κ3) is 4.75. The summed E-state index contributed by atoms with van der Waals surface area (Å²) in [5.74, 6) is 0.859. The number of carbonyl (C=O) groups is 1. The Morgan fingerprint density at radius 3 is 2.74 bits per heavy atom. The van der Waals surface area contributed by atoms with Crippen LogP contribution in [-0.2, 0) is 4.79 Å². The van der Waals surface area contributed by atoms with Crippen LogP contribution < -0.4 is 10.6 Å². The van der Waals surface area contributed by atoms with Crippen molar-refractivity contribution in [3.05, 3.63) is 29.3 Å². The Bertz CT molecular complexity index is 428. The molecular formula is C15H21ClN2O. The van der Waals surface area contributed by atoms with E-state index in [1.807, 2.05) is 24.3 Å². The third-order valence-corrected chi connectivity index (χ3v) is 3.89. The maximum Gasteiger partial charge on any atom is 0.239 e. The molecule has 2 N–H and O–H groups in total. The Morgan fingerprint density at radius 2 is 2.05 bits per heavy atom. The van der Waals surface area contributed by atoms with Crippen LogP contribution in [0, 0.1) is 5.92 Å². The van der Waals surface area contributed by atoms with Crippen LogP contribution in [-0.4, -0.2) is 18.5 Å². The molecule has 1 aromatic rings. The molecule has 4 heteroatoms. The van der Waals surface area contributed by atoms with Crippen molar-refractivity contribution in [2.24, 2.45) is 5.92 Å². The van der Waals surface area contributed by atoms with Crippen molar-refractivity contribution in [3.8, 4) is 0 Å². The zero-order valence-corrected chi connectivity index (χ0v) is 12.0. The van der Waals surface area contributed by atoms with E-state index < -0.39 is 0 Å². The van der Waals surface area contributed by atoms with Crippen molar-refractivity contribution in [3.63, 3.8) is 0 Å². The Labute approximate surface area is 119 Å². The van der Waals surface area contributed by atoms with Crippen molar-refractivity contribution in [2.75, 3.05) is 11.9 Å². The monoisotopic (exact) mass is 280 g/mol. The lowest BCUT2D eigenvalue weighted by molar-refractivity contribution is -0.120. The van der Waals surface area contributed by atoms with Crippen LogP contribution in [0.2, 0.25) is 5.02 Å². The first-order valence-corrected chi connectivity index (χ1v) is 7.30. The predicted octanol–water partition coefficient (Wildman–Crippen LogP) is 3.45. The van der Waals surface area contributed by atoms with E-state index in [2.05, 4.69) is 17.6 Å². The summed E-state index contributed by atoms with van der Waals surface area (Å²) in [5, 5.41) is 6.85. The summed E-state index contributed by atoms with van der Waals surface area (Å²) in [6.07, 6.45) is 4.63. The van der Waals surface area contributed by atoms with Crippen LogP contribution in [0.1, 0.15) is 32.6 Å². The molecule has 0 unspecified atom stereocenters. The van der Waals surface area contributed by atoms with Crippen molar-refractivity contribution in [1.29, 1.82) is 0 Å². The van der Waals surface area contributed by atoms with Crippen LogP contribution in [0.5, 0.6) is 0 Å². The van der Waals surface area contributed by atoms with Gasteiger partial charge in [0.1, 0.15) is 0 Å². The van der Waals surface area contributed by atoms with Crippen LogP contribution in [0.4, 0.5) is 5.69 Å². The first-order valence-electron chi connectivity index (χ1n) is 6.92. The molecule has 0 saturated heterocycles. The summed E-state index contributed by atoms with van der Waals surface area (Å²) < 4.78 is 0. The second-order valence-corrected chi connectivity index (χ2v) is 5.82. The molecule has 0 aliphatic heterocycles. The molecule has 1 aliphatic carbocycles. The molecule has 3 nitrogen and oxygen atoms in total. The maximum atomic E-state index is 11.8. The predicted molar refractivity (Wildman–Crippen MR) is 79.5 cm³/mol. The zero-order chi connectivity index (χ0) is 13.7. The van der Waals surface area contributed by atoms with Crippen molar-refractivity contribution in [2.45, 2.75) is 38.6 Å². The Kier molecular flexibility index (Phi) is 5.08. The molecule has 0 heterocycles. The number of halogens is 1. The minimum absolute atomic E-state index is 0.0551. The molecule has 1 saturated carbocycles. The van der Waals surface area contributed by atoms with Crippen LogP contribution >= 0.6 is 11.6 Å². The highest BCUT2D eigenvalue weighted by Gasteiger charge is 2.19. The van der Waals surface area contributed by atoms with E-state index >= 15 is 0 Å². The fourth-order valence-electron chi connectivity index (χ4n) is 2.46. The first kappa shape index (κ1) is 14.2. The summed E-state index contributed by atoms with van der Waals surface area (Å²) in [6, 6.07) is 7.75. The lowest BCUT2D eigenvalue weighted by Gasteiger charge is -2.27. The standard InChI is InChI=1S/C15H21ClN2O/c1-11-5-7-13(8-6-11)18-15(19)10-17-14-4-2-3-12(16)9-14/h2-4,9,11,13,17H,5-8,10H2,1H3,(H,18,19). The molecule has 0 atom stereocenters. The molecule has 104 valence electrons. The van der Waals surface area contributed by atoms with E-state index in [9.17, 15) is 4.79 Å². The molecule has 1 amide bonds. The van der Waals surface area contributed by atoms with Gasteiger partial charge in [-0.1, -0.05) is 24.6 Å². The summed E-state index contributed by atoms with van der Waals surface area (Å²) in [5.41, 5.74) is 0.875. The number of amides is 1. The highest BCUT2D eigenvalue weighted by molar-refractivity contribution is 6.30. The van der Waals surface area contributed by atoms with Gasteiger partial charge in [0.25, 0.3) is 0 Å². The molecule has 1 fully saturated rings. The quantitative estimate of drug-likeness (QED) is 0.887. The number of benzene rings is 1. The molecular weight excluding hydrogens is 260 g/mol. The Morgan fingerprint density at radius 1 is 1.32 bits per heavy atom. The minimum atomic E-state index is 0.0551. The van der Waals surface area contributed by atoms with Gasteiger partial charge in [-0.25, -0.2) is 0 Å². The van der Waals surface area contributed by atoms with Gasteiger partial charge in [-0.05, 0) is 49.8 Å². The number of hydrogen-bond acceptors (Lipinski definition) is 2. The fourth-order valence-corrected chi connectivity index (χ4v) is 2.65. The van der Waals surface area contributed by atoms with Crippen LogP contribution in [0.25, 0.3) is 0 Å². The SMILES string of the molecule is CC1CCC(NC(=O)CNc2cccc(Cl)c2)CC1. The van der Waals surface area contributed by atoms with Gasteiger partial charge < -0.3 is 10.6 Å². The van der Waals surface area contributed by atoms with E-state index in [-0.39, 0.29) is 5.91 Å². The number of rotatable bonds is 4. The Hall–Kier alpha value is -1.22. The van der Waals surface area contributed by atoms with E-state index in [4.69, 9.17) is 11.6 Å². The summed E-state index contributed by atoms with van der Waals surface area (Å²) in [7, 11) is 0. The molecule has 0 bridgehead atoms. The van der Waals surface area contributed by atoms with Crippen LogP contribution in [0.15, 0.2) is 24.3 Å². The zero-order valence-electron chi connectivity index (χ0n) is 11.3. The van der Waals surface area contributed by atoms with Gasteiger partial charge in [-0.15, -0.1) is 0 Å². The number of anilines is 1. The molecule has 19 heavy (non-hydrogen) atoms. The Balaban J connectivity index is 1.73. The lowest BCUT2D eigenvalue weighted by Crippen LogP contribution is -2.40. The largest absolute Gasteiger partial charge is 0.376 e. The molecule has 0 radical (unpaired) electrons. The van der Waals surface area contributed by atoms with Crippen molar-refractivity contribution < 1.29 is 4.79 Å². The number of carbonyl (C=O) groups excluding carboxylic acids is 1. The van der Waals surface area contributed by atoms with E-state index in [0.29, 0.717) is 17.6 Å². The number of hydrogen-bond donors (Lipinski definition) is 2. The van der Waals surface area contributed by atoms with Gasteiger partial charge in [0.2, 0.25) is 5.91 Å². The lowest BCUT2D eigenvalue weighted by atomic mass is 9.87. The highest BCUT2D eigenvalue weighted by atomic mass is 35.5. The molecule has 0 spiro atoms. The summed E-state index contributed by atoms with van der Waals surface area (Å²) in [4.78, 5) is 11.8. The van der Waals surface area contributed by atoms with Gasteiger partial charge in [0, 0.05) is 16.8 Å². The second kappa shape index (κ2) is 6.80. The summed E-state index contributed by atoms with van der Waals surface area (Å²) in [6.45, 7) is 2.57. The smallest absolute Gasteiger partial charge is 0.239 e. The van der Waals surface area contributed by atoms with E-state index in [1.165, 1.54) is 12.8 Å².